The lowest BCUT2D eigenvalue weighted by Gasteiger charge is -2.08. The number of carboxylic acids is 1. The summed E-state index contributed by atoms with van der Waals surface area (Å²) in [6, 6.07) is 4.20. The van der Waals surface area contributed by atoms with Gasteiger partial charge in [0, 0.05) is 0 Å². The van der Waals surface area contributed by atoms with Gasteiger partial charge in [-0.3, -0.25) is 0 Å². The molecule has 0 saturated carbocycles. The highest BCUT2D eigenvalue weighted by atomic mass is 16.5. The second kappa shape index (κ2) is 16.7. The van der Waals surface area contributed by atoms with Gasteiger partial charge >= 0.3 is 11.9 Å². The topological polar surface area (TPSA) is 72.8 Å². The first-order valence-electron chi connectivity index (χ1n) is 11.7. The summed E-state index contributed by atoms with van der Waals surface area (Å²) < 4.78 is 10.3. The van der Waals surface area contributed by atoms with Gasteiger partial charge in [0.2, 0.25) is 0 Å². The Morgan fingerprint density at radius 2 is 1.20 bits per heavy atom. The van der Waals surface area contributed by atoms with E-state index < -0.39 is 11.9 Å². The highest BCUT2D eigenvalue weighted by molar-refractivity contribution is 5.95. The summed E-state index contributed by atoms with van der Waals surface area (Å²) in [5.41, 5.74) is 0.218. The van der Waals surface area contributed by atoms with Gasteiger partial charge in [-0.05, 0) is 24.6 Å². The minimum Gasteiger partial charge on any atom is -0.497 e. The lowest BCUT2D eigenvalue weighted by Crippen LogP contribution is -2.08. The van der Waals surface area contributed by atoms with Crippen LogP contribution in [0.3, 0.4) is 0 Å². The van der Waals surface area contributed by atoms with E-state index in [-0.39, 0.29) is 11.1 Å². The summed E-state index contributed by atoms with van der Waals surface area (Å²) in [5.74, 6) is -1.28. The number of rotatable bonds is 18. The smallest absolute Gasteiger partial charge is 0.338 e. The Hall–Kier alpha value is -2.04. The van der Waals surface area contributed by atoms with Crippen LogP contribution in [0, 0.1) is 0 Å². The van der Waals surface area contributed by atoms with Crippen molar-refractivity contribution in [1.29, 1.82) is 0 Å². The summed E-state index contributed by atoms with van der Waals surface area (Å²) in [7, 11) is 1.44. The van der Waals surface area contributed by atoms with E-state index in [1.54, 1.807) is 0 Å². The molecular formula is C25H40O5. The van der Waals surface area contributed by atoms with E-state index in [1.165, 1.54) is 95.9 Å². The van der Waals surface area contributed by atoms with Gasteiger partial charge in [0.05, 0.1) is 24.8 Å². The minimum atomic E-state index is -1.10. The number of carboxylic acid groups (broad SMARTS) is 1. The Labute approximate surface area is 182 Å². The zero-order chi connectivity index (χ0) is 22.0. The average Bonchev–Trinajstić information content (AvgIpc) is 2.75. The summed E-state index contributed by atoms with van der Waals surface area (Å²) in [6.07, 6.45) is 17.9. The Bertz CT molecular complexity index is 612. The third kappa shape index (κ3) is 11.8. The van der Waals surface area contributed by atoms with Crippen LogP contribution in [0.15, 0.2) is 18.2 Å². The van der Waals surface area contributed by atoms with Crippen molar-refractivity contribution < 1.29 is 24.2 Å². The molecule has 1 N–H and O–H groups in total. The second-order valence-corrected chi connectivity index (χ2v) is 7.99. The molecule has 0 fully saturated rings. The van der Waals surface area contributed by atoms with Crippen LogP contribution >= 0.6 is 0 Å². The fraction of sp³-hybridized carbons (Fsp3) is 0.680. The van der Waals surface area contributed by atoms with Gasteiger partial charge in [-0.1, -0.05) is 90.4 Å². The van der Waals surface area contributed by atoms with E-state index in [1.807, 2.05) is 0 Å². The van der Waals surface area contributed by atoms with Crippen molar-refractivity contribution in [2.75, 3.05) is 13.7 Å². The molecule has 0 saturated heterocycles. The number of unbranched alkanes of at least 4 members (excludes halogenated alkanes) is 13. The molecule has 0 radical (unpaired) electrons. The van der Waals surface area contributed by atoms with Crippen molar-refractivity contribution in [2.24, 2.45) is 0 Å². The molecule has 0 bridgehead atoms. The van der Waals surface area contributed by atoms with Crippen molar-refractivity contribution in [3.63, 3.8) is 0 Å². The standard InChI is InChI=1S/C25H40O5/c1-3-4-5-6-7-8-9-10-11-12-13-14-15-16-17-30-25(28)22-18-21(24(26)27)19-23(20-22)29-2/h18-20H,3-17H2,1-2H3,(H,26,27). The summed E-state index contributed by atoms with van der Waals surface area (Å²) in [6.45, 7) is 2.61. The molecule has 1 aromatic rings. The average molecular weight is 421 g/mol. The molecule has 0 aliphatic carbocycles. The summed E-state index contributed by atoms with van der Waals surface area (Å²) in [5, 5.41) is 9.12. The van der Waals surface area contributed by atoms with Crippen molar-refractivity contribution in [3.05, 3.63) is 29.3 Å². The molecule has 0 aromatic heterocycles. The monoisotopic (exact) mass is 420 g/mol. The van der Waals surface area contributed by atoms with E-state index in [0.29, 0.717) is 12.4 Å². The Morgan fingerprint density at radius 3 is 1.67 bits per heavy atom. The number of carbonyl (C=O) groups excluding carboxylic acids is 1. The zero-order valence-corrected chi connectivity index (χ0v) is 18.9. The van der Waals surface area contributed by atoms with Crippen molar-refractivity contribution in [1.82, 2.24) is 0 Å². The highest BCUT2D eigenvalue weighted by Crippen LogP contribution is 2.18. The second-order valence-electron chi connectivity index (χ2n) is 7.99. The number of carbonyl (C=O) groups is 2. The quantitative estimate of drug-likeness (QED) is 0.204. The van der Waals surface area contributed by atoms with Crippen LogP contribution in [0.25, 0.3) is 0 Å². The molecule has 0 atom stereocenters. The molecule has 0 heterocycles. The van der Waals surface area contributed by atoms with E-state index in [0.717, 1.165) is 19.3 Å². The normalized spacial score (nSPS) is 10.7. The van der Waals surface area contributed by atoms with Crippen LogP contribution in [0.2, 0.25) is 0 Å². The Balaban J connectivity index is 2.03. The number of esters is 1. The minimum absolute atomic E-state index is 0.0118. The number of aromatic carboxylic acids is 1. The van der Waals surface area contributed by atoms with Crippen LogP contribution in [0.5, 0.6) is 5.75 Å². The van der Waals surface area contributed by atoms with Crippen LogP contribution in [-0.2, 0) is 4.74 Å². The van der Waals surface area contributed by atoms with Crippen LogP contribution in [0.4, 0.5) is 0 Å². The fourth-order valence-corrected chi connectivity index (χ4v) is 3.50. The summed E-state index contributed by atoms with van der Waals surface area (Å²) in [4.78, 5) is 23.3. The molecule has 0 aliphatic rings. The molecule has 1 rings (SSSR count). The maximum Gasteiger partial charge on any atom is 0.338 e. The SMILES string of the molecule is CCCCCCCCCCCCCCCCOC(=O)c1cc(OC)cc(C(=O)O)c1. The van der Waals surface area contributed by atoms with Gasteiger partial charge in [0.25, 0.3) is 0 Å². The predicted molar refractivity (Wildman–Crippen MR) is 121 cm³/mol. The molecule has 170 valence electrons. The largest absolute Gasteiger partial charge is 0.497 e. The lowest BCUT2D eigenvalue weighted by molar-refractivity contribution is 0.0497. The lowest BCUT2D eigenvalue weighted by atomic mass is 10.0. The van der Waals surface area contributed by atoms with Crippen molar-refractivity contribution >= 4 is 11.9 Å². The van der Waals surface area contributed by atoms with E-state index >= 15 is 0 Å². The van der Waals surface area contributed by atoms with Gasteiger partial charge in [-0.2, -0.15) is 0 Å². The number of ether oxygens (including phenoxy) is 2. The Morgan fingerprint density at radius 1 is 0.733 bits per heavy atom. The molecule has 0 unspecified atom stereocenters. The molecular weight excluding hydrogens is 380 g/mol. The predicted octanol–water partition coefficient (Wildman–Crippen LogP) is 7.03. The highest BCUT2D eigenvalue weighted by Gasteiger charge is 2.13. The molecule has 0 amide bonds. The van der Waals surface area contributed by atoms with Gasteiger partial charge in [-0.25, -0.2) is 9.59 Å². The summed E-state index contributed by atoms with van der Waals surface area (Å²) >= 11 is 0. The maximum atomic E-state index is 12.2. The number of hydrogen-bond donors (Lipinski definition) is 1. The number of hydrogen-bond acceptors (Lipinski definition) is 4. The van der Waals surface area contributed by atoms with Gasteiger partial charge in [0.1, 0.15) is 5.75 Å². The van der Waals surface area contributed by atoms with Crippen LogP contribution < -0.4 is 4.74 Å². The first kappa shape index (κ1) is 26.0. The third-order valence-corrected chi connectivity index (χ3v) is 5.36. The van der Waals surface area contributed by atoms with Crippen molar-refractivity contribution in [2.45, 2.75) is 96.8 Å². The van der Waals surface area contributed by atoms with E-state index in [4.69, 9.17) is 14.6 Å². The fourth-order valence-electron chi connectivity index (χ4n) is 3.50. The molecule has 5 nitrogen and oxygen atoms in total. The van der Waals surface area contributed by atoms with Gasteiger partial charge < -0.3 is 14.6 Å². The van der Waals surface area contributed by atoms with E-state index in [2.05, 4.69) is 6.92 Å². The molecule has 1 aromatic carbocycles. The first-order chi connectivity index (χ1) is 14.6. The van der Waals surface area contributed by atoms with Crippen LogP contribution in [0.1, 0.15) is 118 Å². The number of methoxy groups -OCH3 is 1. The molecule has 5 heteroatoms. The molecule has 0 spiro atoms. The Kier molecular flexibility index (Phi) is 14.5. The molecule has 30 heavy (non-hydrogen) atoms. The van der Waals surface area contributed by atoms with Gasteiger partial charge in [0.15, 0.2) is 0 Å². The molecule has 0 aliphatic heterocycles. The van der Waals surface area contributed by atoms with Crippen LogP contribution in [-0.4, -0.2) is 30.8 Å². The van der Waals surface area contributed by atoms with Gasteiger partial charge in [-0.15, -0.1) is 0 Å². The first-order valence-corrected chi connectivity index (χ1v) is 11.7. The number of benzene rings is 1. The maximum absolute atomic E-state index is 12.2. The van der Waals surface area contributed by atoms with E-state index in [9.17, 15) is 9.59 Å². The van der Waals surface area contributed by atoms with Crippen molar-refractivity contribution in [3.8, 4) is 5.75 Å². The third-order valence-electron chi connectivity index (χ3n) is 5.36. The zero-order valence-electron chi connectivity index (χ0n) is 18.9.